The van der Waals surface area contributed by atoms with Crippen LogP contribution in [0.3, 0.4) is 0 Å². The lowest BCUT2D eigenvalue weighted by molar-refractivity contribution is -0.0123. The fourth-order valence-corrected chi connectivity index (χ4v) is 1.35. The number of alkyl halides is 1. The average Bonchev–Trinajstić information content (AvgIpc) is 1.62. The summed E-state index contributed by atoms with van der Waals surface area (Å²) in [5, 5.41) is 2.83. The fourth-order valence-electron chi connectivity index (χ4n) is 1.35. The van der Waals surface area contributed by atoms with E-state index in [1.165, 1.54) is 0 Å². The summed E-state index contributed by atoms with van der Waals surface area (Å²) < 4.78 is 13.1. The summed E-state index contributed by atoms with van der Waals surface area (Å²) >= 11 is 0. The molecule has 2 nitrogen and oxygen atoms in total. The van der Waals surface area contributed by atoms with Gasteiger partial charge in [0, 0.05) is 19.6 Å². The van der Waals surface area contributed by atoms with Crippen molar-refractivity contribution < 1.29 is 4.39 Å². The van der Waals surface area contributed by atoms with Crippen LogP contribution < -0.4 is 5.32 Å². The van der Waals surface area contributed by atoms with Crippen LogP contribution in [0.1, 0.15) is 0 Å². The highest BCUT2D eigenvalue weighted by atomic mass is 19.1. The molecule has 54 valence electrons. The van der Waals surface area contributed by atoms with Crippen molar-refractivity contribution in [2.45, 2.75) is 5.67 Å². The smallest absolute Gasteiger partial charge is 0.148 e. The first kappa shape index (κ1) is 6.96. The lowest BCUT2D eigenvalue weighted by atomic mass is 9.97. The monoisotopic (exact) mass is 132 g/mol. The standard InChI is InChI=1S/C6H13FN2/c1-8-3-6(7)4-9(2)5-6/h8H,3-5H2,1-2H3. The zero-order valence-electron chi connectivity index (χ0n) is 5.95. The van der Waals surface area contributed by atoms with Crippen molar-refractivity contribution in [2.75, 3.05) is 33.7 Å². The minimum absolute atomic E-state index is 0.483. The second kappa shape index (κ2) is 2.23. The molecule has 0 spiro atoms. The SMILES string of the molecule is CNCC1(F)CN(C)C1. The second-order valence-electron chi connectivity index (χ2n) is 2.85. The highest BCUT2D eigenvalue weighted by molar-refractivity contribution is 4.95. The zero-order valence-corrected chi connectivity index (χ0v) is 5.95. The molecule has 0 aliphatic carbocycles. The van der Waals surface area contributed by atoms with E-state index >= 15 is 0 Å². The summed E-state index contributed by atoms with van der Waals surface area (Å²) in [7, 11) is 3.70. The van der Waals surface area contributed by atoms with E-state index in [0.717, 1.165) is 0 Å². The molecule has 1 saturated heterocycles. The van der Waals surface area contributed by atoms with E-state index in [1.807, 2.05) is 11.9 Å². The van der Waals surface area contributed by atoms with Crippen LogP contribution in [0.2, 0.25) is 0 Å². The Balaban J connectivity index is 2.23. The molecule has 3 heteroatoms. The van der Waals surface area contributed by atoms with Crippen molar-refractivity contribution in [3.63, 3.8) is 0 Å². The summed E-state index contributed by atoms with van der Waals surface area (Å²) in [6.45, 7) is 1.64. The van der Waals surface area contributed by atoms with Crippen LogP contribution in [0.25, 0.3) is 0 Å². The molecule has 9 heavy (non-hydrogen) atoms. The molecule has 0 unspecified atom stereocenters. The Morgan fingerprint density at radius 1 is 1.67 bits per heavy atom. The molecule has 1 fully saturated rings. The normalized spacial score (nSPS) is 25.7. The van der Waals surface area contributed by atoms with Crippen LogP contribution in [0, 0.1) is 0 Å². The zero-order chi connectivity index (χ0) is 6.91. The van der Waals surface area contributed by atoms with Gasteiger partial charge in [-0.1, -0.05) is 0 Å². The van der Waals surface area contributed by atoms with E-state index < -0.39 is 5.67 Å². The van der Waals surface area contributed by atoms with Gasteiger partial charge in [-0.25, -0.2) is 4.39 Å². The number of hydrogen-bond donors (Lipinski definition) is 1. The van der Waals surface area contributed by atoms with Gasteiger partial charge in [0.25, 0.3) is 0 Å². The van der Waals surface area contributed by atoms with Crippen molar-refractivity contribution in [3.8, 4) is 0 Å². The number of halogens is 1. The van der Waals surface area contributed by atoms with Gasteiger partial charge in [0.05, 0.1) is 0 Å². The number of nitrogens with zero attached hydrogens (tertiary/aromatic N) is 1. The quantitative estimate of drug-likeness (QED) is 0.562. The molecule has 1 rings (SSSR count). The van der Waals surface area contributed by atoms with E-state index in [0.29, 0.717) is 19.6 Å². The molecule has 1 aliphatic heterocycles. The van der Waals surface area contributed by atoms with Gasteiger partial charge in [-0.15, -0.1) is 0 Å². The number of hydrogen-bond acceptors (Lipinski definition) is 2. The van der Waals surface area contributed by atoms with Gasteiger partial charge in [-0.3, -0.25) is 4.90 Å². The molecule has 0 amide bonds. The molecule has 1 N–H and O–H groups in total. The number of rotatable bonds is 2. The Morgan fingerprint density at radius 3 is 2.56 bits per heavy atom. The maximum Gasteiger partial charge on any atom is 0.148 e. The first-order valence-corrected chi connectivity index (χ1v) is 3.18. The van der Waals surface area contributed by atoms with Gasteiger partial charge in [0.2, 0.25) is 0 Å². The molecule has 0 aromatic rings. The first-order chi connectivity index (χ1) is 4.16. The van der Waals surface area contributed by atoms with Crippen LogP contribution in [0.4, 0.5) is 4.39 Å². The van der Waals surface area contributed by atoms with Crippen molar-refractivity contribution >= 4 is 0 Å². The van der Waals surface area contributed by atoms with E-state index in [9.17, 15) is 4.39 Å². The van der Waals surface area contributed by atoms with Crippen LogP contribution in [0.15, 0.2) is 0 Å². The highest BCUT2D eigenvalue weighted by Gasteiger charge is 2.40. The lowest BCUT2D eigenvalue weighted by Crippen LogP contribution is -2.61. The summed E-state index contributed by atoms with van der Waals surface area (Å²) in [5.74, 6) is 0. The van der Waals surface area contributed by atoms with Gasteiger partial charge in [-0.05, 0) is 14.1 Å². The second-order valence-corrected chi connectivity index (χ2v) is 2.85. The Hall–Kier alpha value is -0.150. The number of likely N-dealkylation sites (tertiary alicyclic amines) is 1. The van der Waals surface area contributed by atoms with Crippen LogP contribution in [-0.4, -0.2) is 44.3 Å². The maximum absolute atomic E-state index is 13.1. The topological polar surface area (TPSA) is 15.3 Å². The average molecular weight is 132 g/mol. The van der Waals surface area contributed by atoms with Gasteiger partial charge in [0.15, 0.2) is 0 Å². The van der Waals surface area contributed by atoms with Crippen molar-refractivity contribution in [1.29, 1.82) is 0 Å². The van der Waals surface area contributed by atoms with Crippen LogP contribution in [-0.2, 0) is 0 Å². The van der Waals surface area contributed by atoms with Crippen molar-refractivity contribution in [2.24, 2.45) is 0 Å². The number of nitrogens with one attached hydrogen (secondary N) is 1. The molecule has 0 radical (unpaired) electrons. The predicted molar refractivity (Wildman–Crippen MR) is 35.3 cm³/mol. The molecule has 0 atom stereocenters. The minimum atomic E-state index is -0.941. The summed E-state index contributed by atoms with van der Waals surface area (Å²) in [6.07, 6.45) is 0. The van der Waals surface area contributed by atoms with Gasteiger partial charge in [0.1, 0.15) is 5.67 Å². The maximum atomic E-state index is 13.1. The van der Waals surface area contributed by atoms with Crippen LogP contribution >= 0.6 is 0 Å². The Labute approximate surface area is 55.0 Å². The Bertz CT molecular complexity index is 93.7. The Kier molecular flexibility index (Phi) is 1.73. The largest absolute Gasteiger partial charge is 0.316 e. The van der Waals surface area contributed by atoms with E-state index in [-0.39, 0.29) is 0 Å². The van der Waals surface area contributed by atoms with Crippen molar-refractivity contribution in [1.82, 2.24) is 10.2 Å². The summed E-state index contributed by atoms with van der Waals surface area (Å²) in [4.78, 5) is 1.97. The third-order valence-electron chi connectivity index (χ3n) is 1.60. The molecule has 0 aromatic heterocycles. The molecule has 0 bridgehead atoms. The van der Waals surface area contributed by atoms with Gasteiger partial charge in [-0.2, -0.15) is 0 Å². The van der Waals surface area contributed by atoms with E-state index in [1.54, 1.807) is 7.05 Å². The molecular formula is C6H13FN2. The van der Waals surface area contributed by atoms with Crippen molar-refractivity contribution in [3.05, 3.63) is 0 Å². The highest BCUT2D eigenvalue weighted by Crippen LogP contribution is 2.21. The van der Waals surface area contributed by atoms with E-state index in [4.69, 9.17) is 0 Å². The third kappa shape index (κ3) is 1.40. The minimum Gasteiger partial charge on any atom is -0.316 e. The van der Waals surface area contributed by atoms with E-state index in [2.05, 4.69) is 5.32 Å². The van der Waals surface area contributed by atoms with Gasteiger partial charge < -0.3 is 5.32 Å². The fraction of sp³-hybridized carbons (Fsp3) is 1.00. The predicted octanol–water partition coefficient (Wildman–Crippen LogP) is -0.141. The third-order valence-corrected chi connectivity index (χ3v) is 1.60. The van der Waals surface area contributed by atoms with Crippen LogP contribution in [0.5, 0.6) is 0 Å². The molecule has 1 aliphatic rings. The summed E-state index contributed by atoms with van der Waals surface area (Å²) in [6, 6.07) is 0. The molecular weight excluding hydrogens is 119 g/mol. The molecule has 0 saturated carbocycles. The lowest BCUT2D eigenvalue weighted by Gasteiger charge is -2.42. The molecule has 1 heterocycles. The molecule has 0 aromatic carbocycles. The summed E-state index contributed by atoms with van der Waals surface area (Å²) in [5.41, 5.74) is -0.941. The Morgan fingerprint density at radius 2 is 2.22 bits per heavy atom. The first-order valence-electron chi connectivity index (χ1n) is 3.18. The van der Waals surface area contributed by atoms with Gasteiger partial charge >= 0.3 is 0 Å².